The summed E-state index contributed by atoms with van der Waals surface area (Å²) in [4.78, 5) is 31.9. The van der Waals surface area contributed by atoms with Gasteiger partial charge in [0.05, 0.1) is 6.34 Å². The molecule has 130 valence electrons. The number of rotatable bonds is 3. The third-order valence-electron chi connectivity index (χ3n) is 4.68. The fourth-order valence-corrected chi connectivity index (χ4v) is 5.13. The van der Waals surface area contributed by atoms with E-state index in [1.165, 1.54) is 30.6 Å². The van der Waals surface area contributed by atoms with Crippen molar-refractivity contribution in [3.63, 3.8) is 0 Å². The number of halogens is 1. The van der Waals surface area contributed by atoms with Gasteiger partial charge in [-0.1, -0.05) is 12.8 Å². The minimum atomic E-state index is -0.928. The van der Waals surface area contributed by atoms with Crippen LogP contribution in [0, 0.1) is 0 Å². The van der Waals surface area contributed by atoms with Crippen molar-refractivity contribution in [3.8, 4) is 0 Å². The number of β-lactam (4-membered cyclic amide) rings is 1. The monoisotopic (exact) mass is 361 g/mol. The van der Waals surface area contributed by atoms with Crippen molar-refractivity contribution in [2.75, 3.05) is 13.1 Å². The van der Waals surface area contributed by atoms with E-state index in [0.717, 1.165) is 13.1 Å². The van der Waals surface area contributed by atoms with E-state index in [0.29, 0.717) is 0 Å². The van der Waals surface area contributed by atoms with Crippen LogP contribution < -0.4 is 0 Å². The Morgan fingerprint density at radius 1 is 1.30 bits per heavy atom. The lowest BCUT2D eigenvalue weighted by atomic mass is 9.96. The average Bonchev–Trinajstić information content (AvgIpc) is 2.60. The molecule has 6 nitrogen and oxygen atoms in total. The van der Waals surface area contributed by atoms with Gasteiger partial charge in [0.25, 0.3) is 5.91 Å². The zero-order chi connectivity index (χ0) is 15.9. The summed E-state index contributed by atoms with van der Waals surface area (Å²) >= 11 is 1.55. The van der Waals surface area contributed by atoms with E-state index in [1.54, 1.807) is 11.8 Å². The van der Waals surface area contributed by atoms with Crippen molar-refractivity contribution in [1.82, 2.24) is 9.80 Å². The van der Waals surface area contributed by atoms with Gasteiger partial charge in [0, 0.05) is 17.8 Å². The number of fused-ring (bicyclic) bond motifs is 1. The minimum absolute atomic E-state index is 0. The smallest absolute Gasteiger partial charge is 0.327 e. The SMILES string of the molecule is CC1(C)SC2C(N=CN3CCCCCC3)C(=O)N2C1C(=O)O.Cl. The van der Waals surface area contributed by atoms with Crippen molar-refractivity contribution in [2.45, 2.75) is 61.7 Å². The van der Waals surface area contributed by atoms with Crippen LogP contribution in [0.15, 0.2) is 4.99 Å². The zero-order valence-electron chi connectivity index (χ0n) is 13.5. The van der Waals surface area contributed by atoms with Crippen molar-refractivity contribution < 1.29 is 14.7 Å². The molecule has 3 fully saturated rings. The van der Waals surface area contributed by atoms with Crippen molar-refractivity contribution in [1.29, 1.82) is 0 Å². The van der Waals surface area contributed by atoms with E-state index in [9.17, 15) is 14.7 Å². The summed E-state index contributed by atoms with van der Waals surface area (Å²) in [5.74, 6) is -1.08. The van der Waals surface area contributed by atoms with E-state index < -0.39 is 22.8 Å². The van der Waals surface area contributed by atoms with Crippen LogP contribution in [0.25, 0.3) is 0 Å². The molecule has 3 unspecified atom stereocenters. The predicted molar refractivity (Wildman–Crippen MR) is 93.3 cm³/mol. The van der Waals surface area contributed by atoms with E-state index in [2.05, 4.69) is 9.89 Å². The van der Waals surface area contributed by atoms with Crippen LogP contribution in [0.1, 0.15) is 39.5 Å². The molecule has 3 heterocycles. The second kappa shape index (κ2) is 6.89. The largest absolute Gasteiger partial charge is 0.480 e. The van der Waals surface area contributed by atoms with Gasteiger partial charge in [-0.2, -0.15) is 0 Å². The molecule has 0 spiro atoms. The topological polar surface area (TPSA) is 73.2 Å². The van der Waals surface area contributed by atoms with E-state index in [-0.39, 0.29) is 23.7 Å². The molecule has 0 aromatic heterocycles. The van der Waals surface area contributed by atoms with Gasteiger partial charge in [-0.15, -0.1) is 24.2 Å². The van der Waals surface area contributed by atoms with E-state index in [4.69, 9.17) is 0 Å². The van der Waals surface area contributed by atoms with Crippen LogP contribution in [0.4, 0.5) is 0 Å². The van der Waals surface area contributed by atoms with Gasteiger partial charge >= 0.3 is 5.97 Å². The lowest BCUT2D eigenvalue weighted by molar-refractivity contribution is -0.158. The summed E-state index contributed by atoms with van der Waals surface area (Å²) in [6, 6.07) is -1.17. The molecule has 3 rings (SSSR count). The molecule has 1 amide bonds. The number of aliphatic imine (C=N–C) groups is 1. The van der Waals surface area contributed by atoms with E-state index >= 15 is 0 Å². The van der Waals surface area contributed by atoms with Crippen molar-refractivity contribution in [2.24, 2.45) is 4.99 Å². The molecule has 8 heteroatoms. The van der Waals surface area contributed by atoms with Gasteiger partial charge in [-0.05, 0) is 26.7 Å². The third kappa shape index (κ3) is 3.31. The molecule has 0 bridgehead atoms. The van der Waals surface area contributed by atoms with Crippen LogP contribution in [0.2, 0.25) is 0 Å². The molecule has 0 aromatic rings. The maximum atomic E-state index is 12.3. The number of hydrogen-bond acceptors (Lipinski definition) is 4. The van der Waals surface area contributed by atoms with Crippen LogP contribution in [0.3, 0.4) is 0 Å². The second-order valence-electron chi connectivity index (χ2n) is 6.76. The van der Waals surface area contributed by atoms with Gasteiger partial charge in [0.1, 0.15) is 11.4 Å². The Balaban J connectivity index is 0.00000192. The first-order valence-electron chi connectivity index (χ1n) is 7.92. The Morgan fingerprint density at radius 2 is 1.91 bits per heavy atom. The van der Waals surface area contributed by atoms with Crippen LogP contribution >= 0.6 is 24.2 Å². The summed E-state index contributed by atoms with van der Waals surface area (Å²) in [6.45, 7) is 5.76. The first-order valence-corrected chi connectivity index (χ1v) is 8.80. The summed E-state index contributed by atoms with van der Waals surface area (Å²) in [6.07, 6.45) is 6.67. The van der Waals surface area contributed by atoms with Crippen LogP contribution in [0.5, 0.6) is 0 Å². The lowest BCUT2D eigenvalue weighted by Gasteiger charge is -2.41. The molecule has 0 aliphatic carbocycles. The first kappa shape index (κ1) is 18.4. The van der Waals surface area contributed by atoms with Crippen LogP contribution in [-0.4, -0.2) is 68.4 Å². The quantitative estimate of drug-likeness (QED) is 0.471. The maximum absolute atomic E-state index is 12.3. The molecule has 0 radical (unpaired) electrons. The average molecular weight is 362 g/mol. The Kier molecular flexibility index (Phi) is 5.51. The van der Waals surface area contributed by atoms with Crippen LogP contribution in [-0.2, 0) is 9.59 Å². The molecule has 23 heavy (non-hydrogen) atoms. The highest BCUT2D eigenvalue weighted by Crippen LogP contribution is 2.51. The molecule has 0 saturated carbocycles. The highest BCUT2D eigenvalue weighted by molar-refractivity contribution is 8.01. The number of nitrogens with zero attached hydrogens (tertiary/aromatic N) is 3. The summed E-state index contributed by atoms with van der Waals surface area (Å²) in [7, 11) is 0. The normalized spacial score (nSPS) is 33.0. The summed E-state index contributed by atoms with van der Waals surface area (Å²) in [5.41, 5.74) is 0. The number of carbonyl (C=O) groups is 2. The number of hydrogen-bond donors (Lipinski definition) is 1. The molecule has 3 saturated heterocycles. The molecule has 0 aromatic carbocycles. The minimum Gasteiger partial charge on any atom is -0.480 e. The van der Waals surface area contributed by atoms with Crippen molar-refractivity contribution in [3.05, 3.63) is 0 Å². The summed E-state index contributed by atoms with van der Waals surface area (Å²) in [5, 5.41) is 9.25. The fraction of sp³-hybridized carbons (Fsp3) is 0.800. The number of likely N-dealkylation sites (tertiary alicyclic amines) is 1. The number of thioether (sulfide) groups is 1. The third-order valence-corrected chi connectivity index (χ3v) is 6.24. The predicted octanol–water partition coefficient (Wildman–Crippen LogP) is 1.83. The lowest BCUT2D eigenvalue weighted by Crippen LogP contribution is -2.65. The standard InChI is InChI=1S/C15H23N3O3S.ClH/c1-15(2)11(14(20)21)18-12(19)10(13(18)22-15)16-9-17-7-5-3-4-6-8-17;/h9-11,13H,3-8H2,1-2H3,(H,20,21);1H. The Morgan fingerprint density at radius 3 is 2.48 bits per heavy atom. The fourth-order valence-electron chi connectivity index (χ4n) is 3.51. The molecule has 3 aliphatic heterocycles. The maximum Gasteiger partial charge on any atom is 0.327 e. The second-order valence-corrected chi connectivity index (χ2v) is 8.53. The number of aliphatic carboxylic acids is 1. The Labute approximate surface area is 147 Å². The zero-order valence-corrected chi connectivity index (χ0v) is 15.1. The Bertz CT molecular complexity index is 506. The number of amides is 1. The van der Waals surface area contributed by atoms with Gasteiger partial charge in [-0.25, -0.2) is 4.79 Å². The molecule has 1 N–H and O–H groups in total. The summed E-state index contributed by atoms with van der Waals surface area (Å²) < 4.78 is -0.473. The number of carboxylic acid groups (broad SMARTS) is 1. The highest BCUT2D eigenvalue weighted by atomic mass is 35.5. The number of carbonyl (C=O) groups excluding carboxylic acids is 1. The van der Waals surface area contributed by atoms with Gasteiger partial charge in [-0.3, -0.25) is 9.79 Å². The molecule has 3 atom stereocenters. The van der Waals surface area contributed by atoms with Crippen molar-refractivity contribution >= 4 is 42.4 Å². The number of carboxylic acids is 1. The van der Waals surface area contributed by atoms with Gasteiger partial charge < -0.3 is 14.9 Å². The highest BCUT2D eigenvalue weighted by Gasteiger charge is 2.63. The molecular weight excluding hydrogens is 338 g/mol. The van der Waals surface area contributed by atoms with Gasteiger partial charge in [0.2, 0.25) is 0 Å². The van der Waals surface area contributed by atoms with E-state index in [1.807, 2.05) is 20.2 Å². The molecular formula is C15H24ClN3O3S. The first-order chi connectivity index (χ1) is 10.4. The molecule has 3 aliphatic rings. The Hall–Kier alpha value is -0.950. The van der Waals surface area contributed by atoms with Gasteiger partial charge in [0.15, 0.2) is 6.04 Å².